The second kappa shape index (κ2) is 8.54. The van der Waals surface area contributed by atoms with Crippen LogP contribution in [0.15, 0.2) is 36.5 Å². The monoisotopic (exact) mass is 381 g/mol. The van der Waals surface area contributed by atoms with Crippen LogP contribution < -0.4 is 0 Å². The van der Waals surface area contributed by atoms with Crippen LogP contribution in [0.3, 0.4) is 0 Å². The molecule has 2 heterocycles. The summed E-state index contributed by atoms with van der Waals surface area (Å²) < 4.78 is 1.72. The maximum atomic E-state index is 12.7. The van der Waals surface area contributed by atoms with Crippen molar-refractivity contribution < 1.29 is 9.59 Å². The van der Waals surface area contributed by atoms with E-state index in [1.54, 1.807) is 15.8 Å². The summed E-state index contributed by atoms with van der Waals surface area (Å²) >= 11 is 0. The SMILES string of the molecule is O=C(c1cn(CCCc2ccccc2)nn1)N1CCN(C2CCCC2)C(=O)C1. The van der Waals surface area contributed by atoms with Crippen molar-refractivity contribution in [1.82, 2.24) is 24.8 Å². The molecule has 28 heavy (non-hydrogen) atoms. The topological polar surface area (TPSA) is 71.3 Å². The first-order chi connectivity index (χ1) is 13.7. The molecule has 0 radical (unpaired) electrons. The lowest BCUT2D eigenvalue weighted by Gasteiger charge is -2.37. The minimum Gasteiger partial charge on any atom is -0.336 e. The summed E-state index contributed by atoms with van der Waals surface area (Å²) in [4.78, 5) is 28.8. The molecule has 148 valence electrons. The fraction of sp³-hybridized carbons (Fsp3) is 0.524. The van der Waals surface area contributed by atoms with Gasteiger partial charge in [-0.1, -0.05) is 48.4 Å². The van der Waals surface area contributed by atoms with Gasteiger partial charge in [0, 0.05) is 25.7 Å². The number of carbonyl (C=O) groups is 2. The van der Waals surface area contributed by atoms with Crippen LogP contribution in [0, 0.1) is 0 Å². The Morgan fingerprint density at radius 2 is 1.89 bits per heavy atom. The summed E-state index contributed by atoms with van der Waals surface area (Å²) in [5, 5.41) is 8.12. The van der Waals surface area contributed by atoms with E-state index in [0.717, 1.165) is 25.7 Å². The molecule has 1 aromatic heterocycles. The van der Waals surface area contributed by atoms with Crippen LogP contribution in [0.5, 0.6) is 0 Å². The molecule has 2 aromatic rings. The lowest BCUT2D eigenvalue weighted by Crippen LogP contribution is -2.54. The van der Waals surface area contributed by atoms with Gasteiger partial charge in [-0.15, -0.1) is 5.10 Å². The third-order valence-electron chi connectivity index (χ3n) is 5.76. The van der Waals surface area contributed by atoms with Crippen LogP contribution >= 0.6 is 0 Å². The van der Waals surface area contributed by atoms with E-state index in [1.807, 2.05) is 23.1 Å². The minimum atomic E-state index is -0.200. The normalized spacial score (nSPS) is 18.1. The molecule has 2 fully saturated rings. The van der Waals surface area contributed by atoms with Crippen molar-refractivity contribution >= 4 is 11.8 Å². The van der Waals surface area contributed by atoms with E-state index in [1.165, 1.54) is 18.4 Å². The number of hydrogen-bond donors (Lipinski definition) is 0. The van der Waals surface area contributed by atoms with Gasteiger partial charge in [0.05, 0.1) is 6.20 Å². The zero-order valence-corrected chi connectivity index (χ0v) is 16.2. The molecular formula is C21H27N5O2. The third-order valence-corrected chi connectivity index (χ3v) is 5.76. The lowest BCUT2D eigenvalue weighted by atomic mass is 10.1. The first kappa shape index (κ1) is 18.7. The summed E-state index contributed by atoms with van der Waals surface area (Å²) in [6, 6.07) is 10.7. The second-order valence-electron chi connectivity index (χ2n) is 7.71. The second-order valence-corrected chi connectivity index (χ2v) is 7.71. The molecule has 1 saturated heterocycles. The summed E-state index contributed by atoms with van der Waals surface area (Å²) in [5.41, 5.74) is 1.61. The van der Waals surface area contributed by atoms with Crippen molar-refractivity contribution in [2.45, 2.75) is 51.1 Å². The van der Waals surface area contributed by atoms with Crippen molar-refractivity contribution in [2.75, 3.05) is 19.6 Å². The fourth-order valence-electron chi connectivity index (χ4n) is 4.22. The van der Waals surface area contributed by atoms with Crippen molar-refractivity contribution in [3.8, 4) is 0 Å². The first-order valence-electron chi connectivity index (χ1n) is 10.2. The average molecular weight is 381 g/mol. The van der Waals surface area contributed by atoms with Crippen LogP contribution in [0.25, 0.3) is 0 Å². The first-order valence-corrected chi connectivity index (χ1v) is 10.2. The molecule has 1 aromatic carbocycles. The standard InChI is InChI=1S/C21H27N5O2/c27-20-16-24(13-14-26(20)18-10-4-5-11-18)21(28)19-15-25(23-22-19)12-6-9-17-7-2-1-3-8-17/h1-3,7-8,15,18H,4-6,9-14,16H2. The van der Waals surface area contributed by atoms with Crippen LogP contribution in [0.4, 0.5) is 0 Å². The summed E-state index contributed by atoms with van der Waals surface area (Å²) in [7, 11) is 0. The molecule has 0 atom stereocenters. The molecule has 2 aliphatic rings. The molecule has 7 heteroatoms. The van der Waals surface area contributed by atoms with E-state index in [2.05, 4.69) is 22.4 Å². The number of carbonyl (C=O) groups excluding carboxylic acids is 2. The van der Waals surface area contributed by atoms with Gasteiger partial charge in [0.25, 0.3) is 5.91 Å². The highest BCUT2D eigenvalue weighted by molar-refractivity contribution is 5.95. The molecule has 0 N–H and O–H groups in total. The molecule has 0 unspecified atom stereocenters. The van der Waals surface area contributed by atoms with Crippen molar-refractivity contribution in [3.63, 3.8) is 0 Å². The zero-order chi connectivity index (χ0) is 19.3. The predicted molar refractivity (Wildman–Crippen MR) is 105 cm³/mol. The van der Waals surface area contributed by atoms with Gasteiger partial charge in [-0.05, 0) is 31.2 Å². The minimum absolute atomic E-state index is 0.0572. The van der Waals surface area contributed by atoms with Crippen molar-refractivity contribution in [2.24, 2.45) is 0 Å². The summed E-state index contributed by atoms with van der Waals surface area (Å²) in [6.07, 6.45) is 8.17. The third kappa shape index (κ3) is 4.24. The maximum Gasteiger partial charge on any atom is 0.276 e. The van der Waals surface area contributed by atoms with Gasteiger partial charge in [-0.25, -0.2) is 0 Å². The highest BCUT2D eigenvalue weighted by Gasteiger charge is 2.33. The molecule has 0 spiro atoms. The lowest BCUT2D eigenvalue weighted by molar-refractivity contribution is -0.137. The molecular weight excluding hydrogens is 354 g/mol. The molecule has 4 rings (SSSR count). The quantitative estimate of drug-likeness (QED) is 0.769. The Bertz CT molecular complexity index is 813. The van der Waals surface area contributed by atoms with Gasteiger partial charge in [0.1, 0.15) is 6.54 Å². The Labute approximate surface area is 165 Å². The number of rotatable bonds is 6. The number of hydrogen-bond acceptors (Lipinski definition) is 4. The van der Waals surface area contributed by atoms with Gasteiger partial charge >= 0.3 is 0 Å². The Kier molecular flexibility index (Phi) is 5.69. The number of amides is 2. The Morgan fingerprint density at radius 3 is 2.64 bits per heavy atom. The van der Waals surface area contributed by atoms with E-state index in [9.17, 15) is 9.59 Å². The summed E-state index contributed by atoms with van der Waals surface area (Å²) in [6.45, 7) is 2.06. The number of nitrogens with zero attached hydrogens (tertiary/aromatic N) is 5. The maximum absolute atomic E-state index is 12.7. The highest BCUT2D eigenvalue weighted by Crippen LogP contribution is 2.25. The average Bonchev–Trinajstić information content (AvgIpc) is 3.40. The van der Waals surface area contributed by atoms with Gasteiger partial charge in [0.15, 0.2) is 5.69 Å². The van der Waals surface area contributed by atoms with E-state index >= 15 is 0 Å². The Balaban J connectivity index is 1.29. The van der Waals surface area contributed by atoms with Crippen LogP contribution in [-0.2, 0) is 17.8 Å². The zero-order valence-electron chi connectivity index (χ0n) is 16.2. The van der Waals surface area contributed by atoms with Crippen LogP contribution in [0.2, 0.25) is 0 Å². The van der Waals surface area contributed by atoms with Gasteiger partial charge in [0.2, 0.25) is 5.91 Å². The van der Waals surface area contributed by atoms with E-state index in [0.29, 0.717) is 31.4 Å². The Morgan fingerprint density at radius 1 is 1.11 bits per heavy atom. The van der Waals surface area contributed by atoms with Gasteiger partial charge in [-0.2, -0.15) is 0 Å². The number of aryl methyl sites for hydroxylation is 2. The molecule has 7 nitrogen and oxygen atoms in total. The van der Waals surface area contributed by atoms with Crippen LogP contribution in [0.1, 0.15) is 48.2 Å². The fourth-order valence-corrected chi connectivity index (χ4v) is 4.22. The number of aromatic nitrogens is 3. The van der Waals surface area contributed by atoms with Crippen LogP contribution in [-0.4, -0.2) is 62.3 Å². The summed E-state index contributed by atoms with van der Waals surface area (Å²) in [5.74, 6) is -0.143. The number of piperazine rings is 1. The van der Waals surface area contributed by atoms with Gasteiger partial charge in [-0.3, -0.25) is 14.3 Å². The molecule has 1 aliphatic carbocycles. The molecule has 1 saturated carbocycles. The van der Waals surface area contributed by atoms with Crippen molar-refractivity contribution in [3.05, 3.63) is 47.8 Å². The van der Waals surface area contributed by atoms with Gasteiger partial charge < -0.3 is 9.80 Å². The number of benzene rings is 1. The highest BCUT2D eigenvalue weighted by atomic mass is 16.2. The molecule has 2 amide bonds. The van der Waals surface area contributed by atoms with E-state index in [-0.39, 0.29) is 18.4 Å². The molecule has 1 aliphatic heterocycles. The predicted octanol–water partition coefficient (Wildman–Crippen LogP) is 2.14. The Hall–Kier alpha value is -2.70. The van der Waals surface area contributed by atoms with Crippen molar-refractivity contribution in [1.29, 1.82) is 0 Å². The smallest absolute Gasteiger partial charge is 0.276 e. The van der Waals surface area contributed by atoms with E-state index < -0.39 is 0 Å². The molecule has 0 bridgehead atoms. The largest absolute Gasteiger partial charge is 0.336 e. The van der Waals surface area contributed by atoms with E-state index in [4.69, 9.17) is 0 Å².